The molecule has 0 aromatic heterocycles. The lowest BCUT2D eigenvalue weighted by atomic mass is 10.1. The molecule has 0 spiro atoms. The fraction of sp³-hybridized carbons (Fsp3) is 0.538. The second-order valence-electron chi connectivity index (χ2n) is 4.77. The van der Waals surface area contributed by atoms with Gasteiger partial charge < -0.3 is 0 Å². The van der Waals surface area contributed by atoms with E-state index in [0.717, 1.165) is 5.25 Å². The van der Waals surface area contributed by atoms with E-state index in [1.807, 2.05) is 0 Å². The van der Waals surface area contributed by atoms with Gasteiger partial charge in [0, 0.05) is 0 Å². The highest BCUT2D eigenvalue weighted by molar-refractivity contribution is 8.32. The third-order valence-electron chi connectivity index (χ3n) is 2.89. The summed E-state index contributed by atoms with van der Waals surface area (Å²) in [5.74, 6) is 0. The molecule has 0 N–H and O–H groups in total. The van der Waals surface area contributed by atoms with Crippen LogP contribution in [0.15, 0.2) is 30.3 Å². The summed E-state index contributed by atoms with van der Waals surface area (Å²) in [6.45, 7) is 2.39. The van der Waals surface area contributed by atoms with Gasteiger partial charge in [-0.2, -0.15) is 0 Å². The summed E-state index contributed by atoms with van der Waals surface area (Å²) in [6, 6.07) is 10.8. The fourth-order valence-electron chi connectivity index (χ4n) is 1.37. The predicted octanol–water partition coefficient (Wildman–Crippen LogP) is 3.70. The van der Waals surface area contributed by atoms with E-state index in [-0.39, 0.29) is 10.0 Å². The lowest BCUT2D eigenvalue weighted by molar-refractivity contribution is 0.805. The van der Waals surface area contributed by atoms with E-state index in [1.54, 1.807) is 0 Å². The monoisotopic (exact) mass is 210 g/mol. The van der Waals surface area contributed by atoms with Crippen LogP contribution in [0.1, 0.15) is 18.9 Å². The first-order chi connectivity index (χ1) is 6.50. The van der Waals surface area contributed by atoms with Crippen molar-refractivity contribution in [2.24, 2.45) is 0 Å². The van der Waals surface area contributed by atoms with Crippen LogP contribution in [0.25, 0.3) is 0 Å². The van der Waals surface area contributed by atoms with Gasteiger partial charge in [0.15, 0.2) is 0 Å². The summed E-state index contributed by atoms with van der Waals surface area (Å²) in [5.41, 5.74) is 1.48. The molecule has 0 aliphatic heterocycles. The van der Waals surface area contributed by atoms with E-state index in [9.17, 15) is 0 Å². The molecular formula is C13H22S. The normalized spacial score (nSPS) is 15.1. The van der Waals surface area contributed by atoms with Crippen LogP contribution in [0.3, 0.4) is 0 Å². The van der Waals surface area contributed by atoms with Gasteiger partial charge in [-0.3, -0.25) is 0 Å². The van der Waals surface area contributed by atoms with Gasteiger partial charge in [-0.05, 0) is 42.4 Å². The molecule has 1 unspecified atom stereocenters. The maximum absolute atomic E-state index is 2.41. The molecule has 1 heteroatoms. The summed E-state index contributed by atoms with van der Waals surface area (Å²) in [6.07, 6.45) is 9.77. The van der Waals surface area contributed by atoms with Crippen LogP contribution in [0.5, 0.6) is 0 Å². The number of aryl methyl sites for hydroxylation is 1. The molecule has 0 fully saturated rings. The number of benzene rings is 1. The molecular weight excluding hydrogens is 188 g/mol. The van der Waals surface area contributed by atoms with Crippen LogP contribution in [-0.2, 0) is 6.42 Å². The second kappa shape index (κ2) is 4.88. The van der Waals surface area contributed by atoms with Crippen molar-refractivity contribution in [2.75, 3.05) is 18.8 Å². The van der Waals surface area contributed by atoms with Crippen molar-refractivity contribution in [1.29, 1.82) is 0 Å². The Morgan fingerprint density at radius 2 is 1.64 bits per heavy atom. The van der Waals surface area contributed by atoms with Gasteiger partial charge in [0.1, 0.15) is 0 Å². The summed E-state index contributed by atoms with van der Waals surface area (Å²) < 4.78 is 0. The number of hydrogen-bond acceptors (Lipinski definition) is 0. The zero-order valence-corrected chi connectivity index (χ0v) is 10.6. The molecule has 0 aliphatic rings. The molecule has 0 aliphatic carbocycles. The predicted molar refractivity (Wildman–Crippen MR) is 69.6 cm³/mol. The van der Waals surface area contributed by atoms with E-state index in [0.29, 0.717) is 0 Å². The average Bonchev–Trinajstić information content (AvgIpc) is 2.14. The van der Waals surface area contributed by atoms with Gasteiger partial charge in [-0.25, -0.2) is 10.0 Å². The van der Waals surface area contributed by atoms with Crippen LogP contribution in [0, 0.1) is 0 Å². The van der Waals surface area contributed by atoms with E-state index in [4.69, 9.17) is 0 Å². The Bertz CT molecular complexity index is 258. The molecule has 0 saturated carbocycles. The van der Waals surface area contributed by atoms with Crippen LogP contribution in [0.4, 0.5) is 0 Å². The zero-order chi connectivity index (χ0) is 10.6. The van der Waals surface area contributed by atoms with Gasteiger partial charge in [0.05, 0.1) is 0 Å². The first-order valence-electron chi connectivity index (χ1n) is 5.21. The molecule has 1 rings (SSSR count). The SMILES string of the molecule is CC(CCc1ccccc1)S(C)(C)C. The topological polar surface area (TPSA) is 0 Å². The highest BCUT2D eigenvalue weighted by atomic mass is 32.3. The zero-order valence-electron chi connectivity index (χ0n) is 9.79. The van der Waals surface area contributed by atoms with Crippen LogP contribution in [-0.4, -0.2) is 24.0 Å². The Morgan fingerprint density at radius 1 is 1.07 bits per heavy atom. The van der Waals surface area contributed by atoms with Crippen molar-refractivity contribution in [2.45, 2.75) is 25.0 Å². The van der Waals surface area contributed by atoms with Crippen molar-refractivity contribution in [1.82, 2.24) is 0 Å². The maximum atomic E-state index is 2.41. The average molecular weight is 210 g/mol. The first kappa shape index (κ1) is 11.6. The Hall–Kier alpha value is -0.430. The highest BCUT2D eigenvalue weighted by Gasteiger charge is 2.14. The lowest BCUT2D eigenvalue weighted by Gasteiger charge is -2.33. The quantitative estimate of drug-likeness (QED) is 0.711. The summed E-state index contributed by atoms with van der Waals surface area (Å²) in [7, 11) is -0.373. The van der Waals surface area contributed by atoms with Crippen molar-refractivity contribution in [3.63, 3.8) is 0 Å². The molecule has 1 aromatic carbocycles. The Morgan fingerprint density at radius 3 is 2.14 bits per heavy atom. The van der Waals surface area contributed by atoms with E-state index >= 15 is 0 Å². The van der Waals surface area contributed by atoms with E-state index in [2.05, 4.69) is 56.0 Å². The van der Waals surface area contributed by atoms with Crippen LogP contribution < -0.4 is 0 Å². The molecule has 80 valence electrons. The molecule has 1 atom stereocenters. The highest BCUT2D eigenvalue weighted by Crippen LogP contribution is 2.42. The maximum Gasteiger partial charge on any atom is -0.0144 e. The van der Waals surface area contributed by atoms with Gasteiger partial charge in [-0.15, -0.1) is 0 Å². The van der Waals surface area contributed by atoms with Crippen LogP contribution in [0.2, 0.25) is 0 Å². The summed E-state index contributed by atoms with van der Waals surface area (Å²) in [4.78, 5) is 0. The molecule has 0 bridgehead atoms. The van der Waals surface area contributed by atoms with E-state index < -0.39 is 0 Å². The minimum atomic E-state index is -0.373. The molecule has 0 nitrogen and oxygen atoms in total. The Balaban J connectivity index is 2.42. The minimum Gasteiger partial charge on any atom is -0.247 e. The van der Waals surface area contributed by atoms with Crippen molar-refractivity contribution < 1.29 is 0 Å². The fourth-order valence-corrected chi connectivity index (χ4v) is 2.19. The number of hydrogen-bond donors (Lipinski definition) is 0. The summed E-state index contributed by atoms with van der Waals surface area (Å²) >= 11 is 0. The second-order valence-corrected chi connectivity index (χ2v) is 9.44. The molecule has 0 saturated heterocycles. The lowest BCUT2D eigenvalue weighted by Crippen LogP contribution is -2.12. The first-order valence-corrected chi connectivity index (χ1v) is 8.13. The van der Waals surface area contributed by atoms with E-state index in [1.165, 1.54) is 18.4 Å². The molecule has 1 aromatic rings. The van der Waals surface area contributed by atoms with Gasteiger partial charge in [0.25, 0.3) is 0 Å². The molecule has 0 radical (unpaired) electrons. The minimum absolute atomic E-state index is 0.373. The Kier molecular flexibility index (Phi) is 4.06. The van der Waals surface area contributed by atoms with Gasteiger partial charge in [0.2, 0.25) is 0 Å². The van der Waals surface area contributed by atoms with Crippen molar-refractivity contribution in [3.05, 3.63) is 35.9 Å². The smallest absolute Gasteiger partial charge is 0.0144 e. The Labute approximate surface area is 90.0 Å². The molecule has 0 amide bonds. The van der Waals surface area contributed by atoms with Crippen LogP contribution >= 0.6 is 10.0 Å². The number of rotatable bonds is 4. The third kappa shape index (κ3) is 3.75. The van der Waals surface area contributed by atoms with Gasteiger partial charge in [-0.1, -0.05) is 37.3 Å². The van der Waals surface area contributed by atoms with Gasteiger partial charge >= 0.3 is 0 Å². The summed E-state index contributed by atoms with van der Waals surface area (Å²) in [5, 5.41) is 0.864. The standard InChI is InChI=1S/C13H22S/c1-12(14(2,3)4)10-11-13-8-6-5-7-9-13/h5-9,12H,10-11H2,1-4H3. The molecule has 0 heterocycles. The third-order valence-corrected chi connectivity index (χ3v) is 5.54. The van der Waals surface area contributed by atoms with Crippen molar-refractivity contribution >= 4 is 10.0 Å². The largest absolute Gasteiger partial charge is 0.247 e. The molecule has 14 heavy (non-hydrogen) atoms. The van der Waals surface area contributed by atoms with Crippen molar-refractivity contribution in [3.8, 4) is 0 Å².